The molecular weight excluding hydrogens is 106 g/mol. The number of nitrogens with one attached hydrogen (secondary N) is 1. The summed E-state index contributed by atoms with van der Waals surface area (Å²) in [6, 6.07) is 0. The molecule has 1 rings (SSSR count). The summed E-state index contributed by atoms with van der Waals surface area (Å²) in [5.74, 6) is 0. The summed E-state index contributed by atoms with van der Waals surface area (Å²) < 4.78 is 9.86. The second-order valence-electron chi connectivity index (χ2n) is 1.78. The lowest BCUT2D eigenvalue weighted by Gasteiger charge is -1.95. The van der Waals surface area contributed by atoms with Gasteiger partial charge in [0.25, 0.3) is 0 Å². The summed E-state index contributed by atoms with van der Waals surface area (Å²) >= 11 is 0. The highest BCUT2D eigenvalue weighted by atomic mass is 16.6. The zero-order valence-corrected chi connectivity index (χ0v) is 4.72. The molecule has 3 nitrogen and oxygen atoms in total. The molecular formula is C5H10NO2. The Labute approximate surface area is 48.8 Å². The van der Waals surface area contributed by atoms with E-state index in [0.29, 0.717) is 25.9 Å². The SMILES string of the molecule is [NH]CCOCC1CO1. The highest BCUT2D eigenvalue weighted by molar-refractivity contribution is 4.66. The summed E-state index contributed by atoms with van der Waals surface area (Å²) in [6.07, 6.45) is 0.349. The molecule has 0 aromatic carbocycles. The molecule has 1 N–H and O–H groups in total. The monoisotopic (exact) mass is 116 g/mol. The van der Waals surface area contributed by atoms with Crippen LogP contribution in [0.25, 0.3) is 0 Å². The molecule has 0 amide bonds. The van der Waals surface area contributed by atoms with Crippen molar-refractivity contribution in [3.63, 3.8) is 0 Å². The van der Waals surface area contributed by atoms with Crippen molar-refractivity contribution in [1.82, 2.24) is 5.73 Å². The molecule has 8 heavy (non-hydrogen) atoms. The van der Waals surface area contributed by atoms with E-state index in [1.807, 2.05) is 0 Å². The molecule has 0 spiro atoms. The summed E-state index contributed by atoms with van der Waals surface area (Å²) in [5.41, 5.74) is 6.70. The van der Waals surface area contributed by atoms with Crippen LogP contribution in [0, 0.1) is 0 Å². The van der Waals surface area contributed by atoms with Gasteiger partial charge in [-0.1, -0.05) is 0 Å². The first-order valence-corrected chi connectivity index (χ1v) is 2.77. The maximum Gasteiger partial charge on any atom is 0.104 e. The van der Waals surface area contributed by atoms with Crippen molar-refractivity contribution in [2.75, 3.05) is 26.4 Å². The molecule has 1 heterocycles. The van der Waals surface area contributed by atoms with E-state index >= 15 is 0 Å². The van der Waals surface area contributed by atoms with Crippen LogP contribution in [0.2, 0.25) is 0 Å². The first-order valence-electron chi connectivity index (χ1n) is 2.77. The fraction of sp³-hybridized carbons (Fsp3) is 1.00. The fourth-order valence-corrected chi connectivity index (χ4v) is 0.451. The van der Waals surface area contributed by atoms with Gasteiger partial charge in [0.1, 0.15) is 6.10 Å². The minimum absolute atomic E-state index is 0.349. The Morgan fingerprint density at radius 2 is 2.50 bits per heavy atom. The van der Waals surface area contributed by atoms with E-state index in [4.69, 9.17) is 15.2 Å². The predicted octanol–water partition coefficient (Wildman–Crippen LogP) is -0.315. The van der Waals surface area contributed by atoms with Crippen LogP contribution >= 0.6 is 0 Å². The van der Waals surface area contributed by atoms with E-state index in [0.717, 1.165) is 6.61 Å². The zero-order chi connectivity index (χ0) is 5.82. The molecule has 1 saturated heterocycles. The molecule has 3 heteroatoms. The van der Waals surface area contributed by atoms with Crippen molar-refractivity contribution >= 4 is 0 Å². The number of ether oxygens (including phenoxy) is 2. The summed E-state index contributed by atoms with van der Waals surface area (Å²) in [7, 11) is 0. The van der Waals surface area contributed by atoms with E-state index < -0.39 is 0 Å². The van der Waals surface area contributed by atoms with Gasteiger partial charge >= 0.3 is 0 Å². The quantitative estimate of drug-likeness (QED) is 0.373. The highest BCUT2D eigenvalue weighted by Gasteiger charge is 2.21. The van der Waals surface area contributed by atoms with Gasteiger partial charge in [-0.2, -0.15) is 0 Å². The van der Waals surface area contributed by atoms with Gasteiger partial charge < -0.3 is 9.47 Å². The Morgan fingerprint density at radius 1 is 1.75 bits per heavy atom. The van der Waals surface area contributed by atoms with Gasteiger partial charge in [-0.15, -0.1) is 0 Å². The molecule has 0 bridgehead atoms. The number of rotatable bonds is 4. The van der Waals surface area contributed by atoms with E-state index in [1.165, 1.54) is 0 Å². The summed E-state index contributed by atoms with van der Waals surface area (Å²) in [6.45, 7) is 2.42. The standard InChI is InChI=1S/C5H10NO2/c6-1-2-7-3-5-4-8-5/h5-6H,1-4H2. The Balaban J connectivity index is 1.74. The molecule has 1 aliphatic heterocycles. The second kappa shape index (κ2) is 3.02. The third-order valence-electron chi connectivity index (χ3n) is 0.953. The van der Waals surface area contributed by atoms with Crippen LogP contribution in [0.4, 0.5) is 0 Å². The molecule has 1 aliphatic rings. The summed E-state index contributed by atoms with van der Waals surface area (Å²) in [4.78, 5) is 0. The minimum Gasteiger partial charge on any atom is -0.377 e. The fourth-order valence-electron chi connectivity index (χ4n) is 0.451. The van der Waals surface area contributed by atoms with Crippen LogP contribution in [0.3, 0.4) is 0 Å². The Bertz CT molecular complexity index is 63.4. The molecule has 0 aromatic rings. The largest absolute Gasteiger partial charge is 0.377 e. The lowest BCUT2D eigenvalue weighted by Crippen LogP contribution is -2.05. The van der Waals surface area contributed by atoms with Crippen LogP contribution in [-0.2, 0) is 9.47 Å². The first kappa shape index (κ1) is 6.01. The summed E-state index contributed by atoms with van der Waals surface area (Å²) in [5, 5.41) is 0. The van der Waals surface area contributed by atoms with Gasteiger partial charge in [0, 0.05) is 6.54 Å². The van der Waals surface area contributed by atoms with Crippen LogP contribution in [-0.4, -0.2) is 32.5 Å². The average Bonchev–Trinajstić information content (AvgIpc) is 2.51. The third-order valence-corrected chi connectivity index (χ3v) is 0.953. The van der Waals surface area contributed by atoms with Gasteiger partial charge in [-0.3, -0.25) is 5.73 Å². The minimum atomic E-state index is 0.349. The molecule has 1 atom stereocenters. The van der Waals surface area contributed by atoms with Gasteiger partial charge in [0.15, 0.2) is 0 Å². The van der Waals surface area contributed by atoms with Gasteiger partial charge in [-0.25, -0.2) is 0 Å². The van der Waals surface area contributed by atoms with E-state index in [1.54, 1.807) is 0 Å². The maximum absolute atomic E-state index is 6.70. The van der Waals surface area contributed by atoms with Gasteiger partial charge in [-0.05, 0) is 0 Å². The van der Waals surface area contributed by atoms with Crippen LogP contribution < -0.4 is 5.73 Å². The normalized spacial score (nSPS) is 25.9. The van der Waals surface area contributed by atoms with Crippen molar-refractivity contribution in [2.45, 2.75) is 6.10 Å². The molecule has 47 valence electrons. The van der Waals surface area contributed by atoms with E-state index in [-0.39, 0.29) is 0 Å². The Hall–Kier alpha value is -0.120. The van der Waals surface area contributed by atoms with Crippen LogP contribution in [0.15, 0.2) is 0 Å². The average molecular weight is 116 g/mol. The number of hydrogen-bond acceptors (Lipinski definition) is 2. The Kier molecular flexibility index (Phi) is 2.27. The van der Waals surface area contributed by atoms with Crippen molar-refractivity contribution in [1.29, 1.82) is 0 Å². The third kappa shape index (κ3) is 2.26. The van der Waals surface area contributed by atoms with Crippen molar-refractivity contribution in [3.05, 3.63) is 0 Å². The van der Waals surface area contributed by atoms with Crippen molar-refractivity contribution in [2.24, 2.45) is 0 Å². The molecule has 1 fully saturated rings. The number of hydrogen-bond donors (Lipinski definition) is 0. The maximum atomic E-state index is 6.70. The van der Waals surface area contributed by atoms with Crippen molar-refractivity contribution < 1.29 is 9.47 Å². The molecule has 0 saturated carbocycles. The van der Waals surface area contributed by atoms with E-state index in [2.05, 4.69) is 0 Å². The predicted molar refractivity (Wildman–Crippen MR) is 28.5 cm³/mol. The lowest BCUT2D eigenvalue weighted by atomic mass is 10.5. The smallest absolute Gasteiger partial charge is 0.104 e. The van der Waals surface area contributed by atoms with Crippen molar-refractivity contribution in [3.8, 4) is 0 Å². The molecule has 0 aliphatic carbocycles. The highest BCUT2D eigenvalue weighted by Crippen LogP contribution is 2.07. The van der Waals surface area contributed by atoms with Crippen LogP contribution in [0.5, 0.6) is 0 Å². The number of epoxide rings is 1. The molecule has 1 unspecified atom stereocenters. The van der Waals surface area contributed by atoms with E-state index in [9.17, 15) is 0 Å². The van der Waals surface area contributed by atoms with Gasteiger partial charge in [0.2, 0.25) is 0 Å². The zero-order valence-electron chi connectivity index (χ0n) is 4.72. The second-order valence-corrected chi connectivity index (χ2v) is 1.78. The van der Waals surface area contributed by atoms with Gasteiger partial charge in [0.05, 0.1) is 19.8 Å². The Morgan fingerprint density at radius 3 is 3.00 bits per heavy atom. The van der Waals surface area contributed by atoms with Crippen LogP contribution in [0.1, 0.15) is 0 Å². The molecule has 0 aromatic heterocycles. The topological polar surface area (TPSA) is 45.6 Å². The first-order chi connectivity index (χ1) is 3.93. The lowest BCUT2D eigenvalue weighted by molar-refractivity contribution is 0.122. The molecule has 1 radical (unpaired) electrons.